The molecule has 1 aromatic rings. The molecule has 0 saturated carbocycles. The predicted molar refractivity (Wildman–Crippen MR) is 64.7 cm³/mol. The first-order valence-corrected chi connectivity index (χ1v) is 6.12. The Morgan fingerprint density at radius 2 is 2.12 bits per heavy atom. The van der Waals surface area contributed by atoms with Crippen molar-refractivity contribution < 1.29 is 9.59 Å². The molecular formula is C13H12O2S. The van der Waals surface area contributed by atoms with Crippen LogP contribution >= 0.6 is 11.3 Å². The molecule has 0 aliphatic heterocycles. The zero-order chi connectivity index (χ0) is 11.4. The molecule has 0 amide bonds. The van der Waals surface area contributed by atoms with Crippen LogP contribution in [0.5, 0.6) is 0 Å². The maximum atomic E-state index is 11.8. The van der Waals surface area contributed by atoms with E-state index in [1.165, 1.54) is 11.3 Å². The molecule has 0 atom stereocenters. The van der Waals surface area contributed by atoms with Crippen molar-refractivity contribution in [2.24, 2.45) is 0 Å². The van der Waals surface area contributed by atoms with Crippen molar-refractivity contribution in [1.82, 2.24) is 0 Å². The van der Waals surface area contributed by atoms with Gasteiger partial charge in [0.15, 0.2) is 11.6 Å². The van der Waals surface area contributed by atoms with Crippen LogP contribution in [0.3, 0.4) is 0 Å². The molecule has 1 heterocycles. The Hall–Kier alpha value is -1.48. The summed E-state index contributed by atoms with van der Waals surface area (Å²) >= 11 is 1.38. The topological polar surface area (TPSA) is 34.1 Å². The highest BCUT2D eigenvalue weighted by Crippen LogP contribution is 2.16. The van der Waals surface area contributed by atoms with Crippen LogP contribution in [0.15, 0.2) is 41.3 Å². The molecule has 1 aliphatic rings. The van der Waals surface area contributed by atoms with E-state index in [2.05, 4.69) is 0 Å². The lowest BCUT2D eigenvalue weighted by molar-refractivity contribution is -0.114. The van der Waals surface area contributed by atoms with Gasteiger partial charge in [-0.1, -0.05) is 24.3 Å². The SMILES string of the molecule is O=C(CC(=O)c1cccs1)C1=CCCC=C1. The second-order valence-electron chi connectivity index (χ2n) is 3.64. The minimum absolute atomic E-state index is 0.0172. The van der Waals surface area contributed by atoms with Gasteiger partial charge in [-0.15, -0.1) is 11.3 Å². The van der Waals surface area contributed by atoms with Crippen LogP contribution < -0.4 is 0 Å². The monoisotopic (exact) mass is 232 g/mol. The van der Waals surface area contributed by atoms with Gasteiger partial charge < -0.3 is 0 Å². The third-order valence-electron chi connectivity index (χ3n) is 2.43. The molecule has 1 aliphatic carbocycles. The Labute approximate surface area is 98.3 Å². The number of allylic oxidation sites excluding steroid dienone is 4. The Morgan fingerprint density at radius 3 is 2.75 bits per heavy atom. The van der Waals surface area contributed by atoms with E-state index in [4.69, 9.17) is 0 Å². The molecule has 0 spiro atoms. The van der Waals surface area contributed by atoms with Crippen molar-refractivity contribution in [3.8, 4) is 0 Å². The summed E-state index contributed by atoms with van der Waals surface area (Å²) in [7, 11) is 0. The lowest BCUT2D eigenvalue weighted by atomic mass is 10.00. The van der Waals surface area contributed by atoms with E-state index in [1.807, 2.05) is 29.7 Å². The van der Waals surface area contributed by atoms with E-state index in [9.17, 15) is 9.59 Å². The van der Waals surface area contributed by atoms with Crippen molar-refractivity contribution in [1.29, 1.82) is 0 Å². The third-order valence-corrected chi connectivity index (χ3v) is 3.34. The van der Waals surface area contributed by atoms with Crippen LogP contribution in [-0.2, 0) is 4.79 Å². The number of carbonyl (C=O) groups excluding carboxylic acids is 2. The molecule has 2 rings (SSSR count). The van der Waals surface area contributed by atoms with Gasteiger partial charge in [0.2, 0.25) is 0 Å². The summed E-state index contributed by atoms with van der Waals surface area (Å²) in [5, 5.41) is 1.84. The molecule has 0 saturated heterocycles. The molecule has 3 heteroatoms. The van der Waals surface area contributed by atoms with Crippen molar-refractivity contribution in [2.75, 3.05) is 0 Å². The van der Waals surface area contributed by atoms with Gasteiger partial charge in [0.25, 0.3) is 0 Å². The number of thiophene rings is 1. The minimum atomic E-state index is -0.0835. The van der Waals surface area contributed by atoms with Crippen molar-refractivity contribution >= 4 is 22.9 Å². The van der Waals surface area contributed by atoms with Crippen molar-refractivity contribution in [3.63, 3.8) is 0 Å². The fourth-order valence-corrected chi connectivity index (χ4v) is 2.26. The number of hydrogen-bond acceptors (Lipinski definition) is 3. The van der Waals surface area contributed by atoms with Gasteiger partial charge in [-0.3, -0.25) is 9.59 Å². The number of hydrogen-bond donors (Lipinski definition) is 0. The quantitative estimate of drug-likeness (QED) is 0.590. The maximum absolute atomic E-state index is 11.8. The first-order chi connectivity index (χ1) is 7.77. The first kappa shape index (κ1) is 11.0. The van der Waals surface area contributed by atoms with Gasteiger partial charge in [0.05, 0.1) is 11.3 Å². The molecular weight excluding hydrogens is 220 g/mol. The van der Waals surface area contributed by atoms with E-state index in [1.54, 1.807) is 6.07 Å². The van der Waals surface area contributed by atoms with E-state index in [-0.39, 0.29) is 18.0 Å². The Balaban J connectivity index is 2.00. The van der Waals surface area contributed by atoms with Gasteiger partial charge in [0, 0.05) is 5.57 Å². The highest BCUT2D eigenvalue weighted by Gasteiger charge is 2.15. The summed E-state index contributed by atoms with van der Waals surface area (Å²) < 4.78 is 0. The number of carbonyl (C=O) groups is 2. The number of rotatable bonds is 4. The highest BCUT2D eigenvalue weighted by atomic mass is 32.1. The van der Waals surface area contributed by atoms with E-state index < -0.39 is 0 Å². The van der Waals surface area contributed by atoms with Gasteiger partial charge in [-0.25, -0.2) is 0 Å². The van der Waals surface area contributed by atoms with Gasteiger partial charge in [-0.2, -0.15) is 0 Å². The molecule has 16 heavy (non-hydrogen) atoms. The second kappa shape index (κ2) is 5.03. The summed E-state index contributed by atoms with van der Waals surface area (Å²) in [4.78, 5) is 24.1. The predicted octanol–water partition coefficient (Wildman–Crippen LogP) is 3.17. The summed E-state index contributed by atoms with van der Waals surface area (Å²) in [6.45, 7) is 0. The maximum Gasteiger partial charge on any atom is 0.180 e. The molecule has 0 bridgehead atoms. The molecule has 1 aromatic heterocycles. The largest absolute Gasteiger partial charge is 0.294 e. The van der Waals surface area contributed by atoms with Crippen LogP contribution in [0, 0.1) is 0 Å². The van der Waals surface area contributed by atoms with E-state index >= 15 is 0 Å². The molecule has 2 nitrogen and oxygen atoms in total. The fraction of sp³-hybridized carbons (Fsp3) is 0.231. The smallest absolute Gasteiger partial charge is 0.180 e. The van der Waals surface area contributed by atoms with Crippen molar-refractivity contribution in [2.45, 2.75) is 19.3 Å². The normalized spacial score (nSPS) is 14.6. The van der Waals surface area contributed by atoms with Crippen LogP contribution in [0.4, 0.5) is 0 Å². The summed E-state index contributed by atoms with van der Waals surface area (Å²) in [6.07, 6.45) is 7.55. The van der Waals surface area contributed by atoms with Gasteiger partial charge in [0.1, 0.15) is 0 Å². The zero-order valence-corrected chi connectivity index (χ0v) is 9.63. The van der Waals surface area contributed by atoms with Gasteiger partial charge >= 0.3 is 0 Å². The summed E-state index contributed by atoms with van der Waals surface area (Å²) in [5.41, 5.74) is 0.677. The Bertz CT molecular complexity index is 452. The molecule has 0 unspecified atom stereocenters. The van der Waals surface area contributed by atoms with Crippen LogP contribution in [-0.4, -0.2) is 11.6 Å². The second-order valence-corrected chi connectivity index (χ2v) is 4.59. The molecule has 0 radical (unpaired) electrons. The average Bonchev–Trinajstić information content (AvgIpc) is 2.83. The highest BCUT2D eigenvalue weighted by molar-refractivity contribution is 7.12. The zero-order valence-electron chi connectivity index (χ0n) is 8.81. The first-order valence-electron chi connectivity index (χ1n) is 5.24. The van der Waals surface area contributed by atoms with E-state index in [0.717, 1.165) is 12.8 Å². The van der Waals surface area contributed by atoms with Crippen LogP contribution in [0.2, 0.25) is 0 Å². The number of Topliss-reactive ketones (excluding diaryl/α,β-unsaturated/α-hetero) is 2. The van der Waals surface area contributed by atoms with Crippen LogP contribution in [0.1, 0.15) is 28.9 Å². The summed E-state index contributed by atoms with van der Waals surface area (Å²) in [6, 6.07) is 3.58. The summed E-state index contributed by atoms with van der Waals surface area (Å²) in [5.74, 6) is -0.158. The molecule has 82 valence electrons. The average molecular weight is 232 g/mol. The van der Waals surface area contributed by atoms with E-state index in [0.29, 0.717) is 10.5 Å². The number of ketones is 2. The third kappa shape index (κ3) is 2.55. The molecule has 0 fully saturated rings. The molecule has 0 N–H and O–H groups in total. The molecule has 0 aromatic carbocycles. The lowest BCUT2D eigenvalue weighted by Gasteiger charge is -2.04. The lowest BCUT2D eigenvalue weighted by Crippen LogP contribution is -2.09. The standard InChI is InChI=1S/C13H12O2S/c14-11(10-5-2-1-3-6-10)9-12(15)13-7-4-8-16-13/h2,4-8H,1,3,9H2. The minimum Gasteiger partial charge on any atom is -0.294 e. The van der Waals surface area contributed by atoms with Crippen molar-refractivity contribution in [3.05, 3.63) is 46.2 Å². The Morgan fingerprint density at radius 1 is 1.25 bits per heavy atom. The fourth-order valence-electron chi connectivity index (χ4n) is 1.59. The van der Waals surface area contributed by atoms with Gasteiger partial charge in [-0.05, 0) is 24.3 Å². The van der Waals surface area contributed by atoms with Crippen LogP contribution in [0.25, 0.3) is 0 Å². The Kier molecular flexibility index (Phi) is 3.47.